The summed E-state index contributed by atoms with van der Waals surface area (Å²) in [5.41, 5.74) is 0.268. The van der Waals surface area contributed by atoms with Crippen molar-refractivity contribution < 1.29 is 13.5 Å². The predicted octanol–water partition coefficient (Wildman–Crippen LogP) is 3.53. The first kappa shape index (κ1) is 12.1. The largest absolute Gasteiger partial charge is 0.480 e. The van der Waals surface area contributed by atoms with Crippen LogP contribution >= 0.6 is 38.5 Å². The summed E-state index contributed by atoms with van der Waals surface area (Å²) in [6.07, 6.45) is -2.51. The molecule has 0 aliphatic carbocycles. The maximum Gasteiger partial charge on any atom is 0.265 e. The fourth-order valence-corrected chi connectivity index (χ4v) is 2.09. The number of aromatic nitrogens is 1. The van der Waals surface area contributed by atoms with Gasteiger partial charge in [-0.2, -0.15) is 0 Å². The number of methoxy groups -OCH3 is 1. The van der Waals surface area contributed by atoms with E-state index < -0.39 is 6.43 Å². The van der Waals surface area contributed by atoms with Gasteiger partial charge in [0.15, 0.2) is 0 Å². The standard InChI is InChI=1S/C8H7BrF2INO/c1-14-8-5(12)2-4(7(10)11)6(3-9)13-8/h2,7H,3H2,1H3. The van der Waals surface area contributed by atoms with Crippen molar-refractivity contribution in [2.45, 2.75) is 11.8 Å². The summed E-state index contributed by atoms with van der Waals surface area (Å²) in [5.74, 6) is 0.379. The number of hydrogen-bond acceptors (Lipinski definition) is 2. The Hall–Kier alpha value is 0.0200. The van der Waals surface area contributed by atoms with Crippen molar-refractivity contribution in [2.75, 3.05) is 7.11 Å². The lowest BCUT2D eigenvalue weighted by atomic mass is 10.2. The lowest BCUT2D eigenvalue weighted by Crippen LogP contribution is -2.01. The first-order valence-corrected chi connectivity index (χ1v) is 5.87. The highest BCUT2D eigenvalue weighted by Crippen LogP contribution is 2.29. The lowest BCUT2D eigenvalue weighted by molar-refractivity contribution is 0.149. The quantitative estimate of drug-likeness (QED) is 0.594. The third-order valence-electron chi connectivity index (χ3n) is 1.61. The van der Waals surface area contributed by atoms with E-state index in [1.165, 1.54) is 13.2 Å². The summed E-state index contributed by atoms with van der Waals surface area (Å²) in [6, 6.07) is 1.40. The fourth-order valence-electron chi connectivity index (χ4n) is 0.961. The summed E-state index contributed by atoms with van der Waals surface area (Å²) in [5, 5.41) is 0.292. The van der Waals surface area contributed by atoms with Gasteiger partial charge < -0.3 is 4.74 Å². The molecule has 0 aliphatic rings. The van der Waals surface area contributed by atoms with Gasteiger partial charge in [0, 0.05) is 10.9 Å². The van der Waals surface area contributed by atoms with Crippen molar-refractivity contribution in [1.29, 1.82) is 0 Å². The molecule has 0 radical (unpaired) electrons. The number of rotatable bonds is 3. The molecule has 14 heavy (non-hydrogen) atoms. The third-order valence-corrected chi connectivity index (χ3v) is 2.92. The number of halogens is 4. The molecular weight excluding hydrogens is 371 g/mol. The normalized spacial score (nSPS) is 10.7. The van der Waals surface area contributed by atoms with Gasteiger partial charge in [-0.3, -0.25) is 0 Å². The van der Waals surface area contributed by atoms with Gasteiger partial charge in [-0.1, -0.05) is 15.9 Å². The van der Waals surface area contributed by atoms with Crippen molar-refractivity contribution in [3.05, 3.63) is 20.9 Å². The highest BCUT2D eigenvalue weighted by molar-refractivity contribution is 14.1. The molecule has 1 aromatic heterocycles. The Morgan fingerprint density at radius 3 is 2.71 bits per heavy atom. The van der Waals surface area contributed by atoms with E-state index in [9.17, 15) is 8.78 Å². The molecule has 0 spiro atoms. The van der Waals surface area contributed by atoms with Crippen molar-refractivity contribution in [2.24, 2.45) is 0 Å². The summed E-state index contributed by atoms with van der Waals surface area (Å²) in [7, 11) is 1.46. The molecule has 0 fully saturated rings. The Kier molecular flexibility index (Phi) is 4.49. The molecule has 0 unspecified atom stereocenters. The smallest absolute Gasteiger partial charge is 0.265 e. The van der Waals surface area contributed by atoms with Crippen LogP contribution in [0.1, 0.15) is 17.7 Å². The molecule has 0 bridgehead atoms. The van der Waals surface area contributed by atoms with Crippen LogP contribution in [0.2, 0.25) is 0 Å². The van der Waals surface area contributed by atoms with Crippen molar-refractivity contribution in [3.63, 3.8) is 0 Å². The van der Waals surface area contributed by atoms with Gasteiger partial charge in [0.05, 0.1) is 16.4 Å². The zero-order chi connectivity index (χ0) is 10.7. The summed E-state index contributed by atoms with van der Waals surface area (Å²) < 4.78 is 30.6. The molecule has 1 aromatic rings. The molecule has 6 heteroatoms. The van der Waals surface area contributed by atoms with Crippen LogP contribution < -0.4 is 4.74 Å². The Morgan fingerprint density at radius 1 is 1.64 bits per heavy atom. The Morgan fingerprint density at radius 2 is 2.29 bits per heavy atom. The van der Waals surface area contributed by atoms with Gasteiger partial charge in [-0.05, 0) is 28.7 Å². The fraction of sp³-hybridized carbons (Fsp3) is 0.375. The molecule has 0 saturated heterocycles. The van der Waals surface area contributed by atoms with Crippen molar-refractivity contribution in [3.8, 4) is 5.88 Å². The second kappa shape index (κ2) is 5.20. The van der Waals surface area contributed by atoms with Gasteiger partial charge >= 0.3 is 0 Å². The molecule has 0 aromatic carbocycles. The van der Waals surface area contributed by atoms with Gasteiger partial charge in [0.25, 0.3) is 6.43 Å². The highest BCUT2D eigenvalue weighted by atomic mass is 127. The van der Waals surface area contributed by atoms with E-state index in [4.69, 9.17) is 4.74 Å². The van der Waals surface area contributed by atoms with Crippen LogP contribution in [0.15, 0.2) is 6.07 Å². The monoisotopic (exact) mass is 377 g/mol. The zero-order valence-electron chi connectivity index (χ0n) is 7.23. The summed E-state index contributed by atoms with van der Waals surface area (Å²) >= 11 is 5.03. The van der Waals surface area contributed by atoms with Crippen LogP contribution in [0.5, 0.6) is 5.88 Å². The van der Waals surface area contributed by atoms with Crippen LogP contribution in [-0.2, 0) is 5.33 Å². The van der Waals surface area contributed by atoms with Crippen LogP contribution in [0.25, 0.3) is 0 Å². The topological polar surface area (TPSA) is 22.1 Å². The minimum atomic E-state index is -2.51. The molecular formula is C8H7BrF2INO. The Balaban J connectivity index is 3.24. The third kappa shape index (κ3) is 2.53. The summed E-state index contributed by atoms with van der Waals surface area (Å²) in [6.45, 7) is 0. The molecule has 0 N–H and O–H groups in total. The molecule has 2 nitrogen and oxygen atoms in total. The minimum absolute atomic E-state index is 0.0490. The average Bonchev–Trinajstić information content (AvgIpc) is 2.17. The minimum Gasteiger partial charge on any atom is -0.480 e. The molecule has 0 atom stereocenters. The number of nitrogens with zero attached hydrogens (tertiary/aromatic N) is 1. The number of alkyl halides is 3. The molecule has 0 amide bonds. The molecule has 1 heterocycles. The maximum atomic E-state index is 12.5. The molecule has 78 valence electrons. The van der Waals surface area contributed by atoms with Gasteiger partial charge in [-0.15, -0.1) is 0 Å². The van der Waals surface area contributed by atoms with E-state index in [-0.39, 0.29) is 5.56 Å². The number of pyridine rings is 1. The zero-order valence-corrected chi connectivity index (χ0v) is 11.0. The maximum absolute atomic E-state index is 12.5. The predicted molar refractivity (Wildman–Crippen MR) is 61.1 cm³/mol. The Labute approximate surface area is 102 Å². The first-order chi connectivity index (χ1) is 6.60. The molecule has 0 aliphatic heterocycles. The van der Waals surface area contributed by atoms with E-state index in [2.05, 4.69) is 20.9 Å². The Bertz CT molecular complexity index is 335. The van der Waals surface area contributed by atoms with Crippen molar-refractivity contribution >= 4 is 38.5 Å². The molecule has 1 rings (SSSR count). The van der Waals surface area contributed by atoms with E-state index in [1.54, 1.807) is 0 Å². The van der Waals surface area contributed by atoms with Gasteiger partial charge in [0.2, 0.25) is 5.88 Å². The van der Waals surface area contributed by atoms with Crippen LogP contribution in [0.3, 0.4) is 0 Å². The van der Waals surface area contributed by atoms with Gasteiger partial charge in [0.1, 0.15) is 0 Å². The van der Waals surface area contributed by atoms with E-state index in [0.29, 0.717) is 20.5 Å². The van der Waals surface area contributed by atoms with E-state index >= 15 is 0 Å². The highest BCUT2D eigenvalue weighted by Gasteiger charge is 2.16. The molecule has 0 saturated carbocycles. The van der Waals surface area contributed by atoms with Gasteiger partial charge in [-0.25, -0.2) is 13.8 Å². The average molecular weight is 378 g/mol. The SMILES string of the molecule is COc1nc(CBr)c(C(F)F)cc1I. The van der Waals surface area contributed by atoms with Crippen molar-refractivity contribution in [1.82, 2.24) is 4.98 Å². The van der Waals surface area contributed by atoms with E-state index in [1.807, 2.05) is 22.6 Å². The number of ether oxygens (including phenoxy) is 1. The van der Waals surface area contributed by atoms with E-state index in [0.717, 1.165) is 0 Å². The second-order valence-corrected chi connectivity index (χ2v) is 4.17. The lowest BCUT2D eigenvalue weighted by Gasteiger charge is -2.09. The second-order valence-electron chi connectivity index (χ2n) is 2.45. The van der Waals surface area contributed by atoms with Crippen LogP contribution in [-0.4, -0.2) is 12.1 Å². The summed E-state index contributed by atoms with van der Waals surface area (Å²) in [4.78, 5) is 3.97. The van der Waals surface area contributed by atoms with Crippen LogP contribution in [0.4, 0.5) is 8.78 Å². The number of hydrogen-bond donors (Lipinski definition) is 0. The first-order valence-electron chi connectivity index (χ1n) is 3.67. The van der Waals surface area contributed by atoms with Crippen LogP contribution in [0, 0.1) is 3.57 Å².